The van der Waals surface area contributed by atoms with Crippen LogP contribution in [-0.4, -0.2) is 44.8 Å². The van der Waals surface area contributed by atoms with Crippen molar-refractivity contribution in [1.29, 1.82) is 0 Å². The molecular formula is C27H30ClN3O4S. The summed E-state index contributed by atoms with van der Waals surface area (Å²) in [7, 11) is -2.64. The quantitative estimate of drug-likeness (QED) is 0.423. The molecule has 0 aliphatic heterocycles. The van der Waals surface area contributed by atoms with Crippen molar-refractivity contribution in [2.45, 2.75) is 37.8 Å². The lowest BCUT2D eigenvalue weighted by atomic mass is 10.1. The minimum absolute atomic E-state index is 0.0359. The Morgan fingerprint density at radius 2 is 1.56 bits per heavy atom. The summed E-state index contributed by atoms with van der Waals surface area (Å²) < 4.78 is 28.5. The van der Waals surface area contributed by atoms with Gasteiger partial charge in [-0.2, -0.15) is 0 Å². The van der Waals surface area contributed by atoms with Gasteiger partial charge in [0.05, 0.1) is 15.6 Å². The molecule has 0 saturated carbocycles. The smallest absolute Gasteiger partial charge is 0.264 e. The molecule has 0 fully saturated rings. The summed E-state index contributed by atoms with van der Waals surface area (Å²) in [4.78, 5) is 27.9. The van der Waals surface area contributed by atoms with Gasteiger partial charge in [-0.15, -0.1) is 0 Å². The number of nitrogens with one attached hydrogen (secondary N) is 1. The summed E-state index contributed by atoms with van der Waals surface area (Å²) in [5.41, 5.74) is 1.90. The van der Waals surface area contributed by atoms with Gasteiger partial charge in [0.1, 0.15) is 12.6 Å². The Morgan fingerprint density at radius 3 is 2.14 bits per heavy atom. The Balaban J connectivity index is 2.06. The zero-order valence-electron chi connectivity index (χ0n) is 20.5. The molecule has 0 aliphatic rings. The molecule has 0 radical (unpaired) electrons. The summed E-state index contributed by atoms with van der Waals surface area (Å²) in [5, 5.41) is 2.80. The summed E-state index contributed by atoms with van der Waals surface area (Å²) in [6, 6.07) is 21.3. The van der Waals surface area contributed by atoms with Crippen molar-refractivity contribution in [3.8, 4) is 0 Å². The number of carbonyl (C=O) groups is 2. The van der Waals surface area contributed by atoms with E-state index in [2.05, 4.69) is 5.32 Å². The maximum atomic E-state index is 13.8. The fourth-order valence-corrected chi connectivity index (χ4v) is 5.59. The lowest BCUT2D eigenvalue weighted by Crippen LogP contribution is -2.51. The van der Waals surface area contributed by atoms with Crippen LogP contribution in [0.4, 0.5) is 5.69 Å². The molecule has 2 amide bonds. The van der Waals surface area contributed by atoms with Crippen molar-refractivity contribution in [2.75, 3.05) is 17.9 Å². The third-order valence-electron chi connectivity index (χ3n) is 5.84. The first kappa shape index (κ1) is 27.2. The fourth-order valence-electron chi connectivity index (χ4n) is 3.87. The van der Waals surface area contributed by atoms with Crippen molar-refractivity contribution in [1.82, 2.24) is 10.2 Å². The van der Waals surface area contributed by atoms with Crippen LogP contribution in [0.2, 0.25) is 5.02 Å². The van der Waals surface area contributed by atoms with E-state index in [1.54, 1.807) is 43.3 Å². The number of likely N-dealkylation sites (N-methyl/N-ethyl adjacent to an activating group) is 1. The Kier molecular flexibility index (Phi) is 9.12. The van der Waals surface area contributed by atoms with Crippen molar-refractivity contribution < 1.29 is 18.0 Å². The van der Waals surface area contributed by atoms with E-state index >= 15 is 0 Å². The number of rotatable bonds is 10. The number of carbonyl (C=O) groups excluding carboxylic acids is 2. The van der Waals surface area contributed by atoms with Crippen molar-refractivity contribution >= 4 is 39.1 Å². The highest BCUT2D eigenvalue weighted by molar-refractivity contribution is 7.92. The van der Waals surface area contributed by atoms with Gasteiger partial charge in [-0.3, -0.25) is 13.9 Å². The van der Waals surface area contributed by atoms with Crippen LogP contribution in [0.25, 0.3) is 0 Å². The molecule has 0 spiro atoms. The first-order valence-corrected chi connectivity index (χ1v) is 13.4. The second-order valence-electron chi connectivity index (χ2n) is 8.32. The summed E-state index contributed by atoms with van der Waals surface area (Å²) in [6.07, 6.45) is 0.356. The lowest BCUT2D eigenvalue weighted by molar-refractivity contribution is -0.140. The van der Waals surface area contributed by atoms with Gasteiger partial charge in [-0.05, 0) is 43.2 Å². The molecule has 9 heteroatoms. The second kappa shape index (κ2) is 12.1. The molecule has 0 unspecified atom stereocenters. The van der Waals surface area contributed by atoms with Crippen LogP contribution in [0.15, 0.2) is 83.8 Å². The predicted octanol–water partition coefficient (Wildman–Crippen LogP) is 4.40. The normalized spacial score (nSPS) is 12.0. The van der Waals surface area contributed by atoms with E-state index < -0.39 is 28.5 Å². The number of hydrogen-bond donors (Lipinski definition) is 1. The third kappa shape index (κ3) is 6.25. The number of sulfonamides is 1. The molecular weight excluding hydrogens is 498 g/mol. The molecule has 3 aromatic rings. The number of amides is 2. The van der Waals surface area contributed by atoms with Gasteiger partial charge in [-0.1, -0.05) is 78.7 Å². The molecule has 1 atom stereocenters. The topological polar surface area (TPSA) is 86.8 Å². The minimum atomic E-state index is -4.15. The highest BCUT2D eigenvalue weighted by atomic mass is 35.5. The van der Waals surface area contributed by atoms with Crippen LogP contribution in [0.5, 0.6) is 0 Å². The van der Waals surface area contributed by atoms with E-state index in [0.717, 1.165) is 15.4 Å². The molecule has 36 heavy (non-hydrogen) atoms. The standard InChI is InChI=1S/C27H30ClN3O4S/c1-4-24(27(33)29-3)30(18-21-10-6-5-7-11-21)26(32)19-31(25-13-9-8-12-23(25)28)36(34,35)22-16-14-20(2)15-17-22/h5-17,24H,4,18-19H2,1-3H3,(H,29,33)/t24-/m0/s1. The van der Waals surface area contributed by atoms with Crippen LogP contribution >= 0.6 is 11.6 Å². The maximum Gasteiger partial charge on any atom is 0.264 e. The predicted molar refractivity (Wildman–Crippen MR) is 142 cm³/mol. The average Bonchev–Trinajstić information content (AvgIpc) is 2.88. The number of benzene rings is 3. The van der Waals surface area contributed by atoms with E-state index in [-0.39, 0.29) is 28.1 Å². The van der Waals surface area contributed by atoms with E-state index in [1.807, 2.05) is 37.3 Å². The van der Waals surface area contributed by atoms with Gasteiger partial charge in [0, 0.05) is 13.6 Å². The number of aryl methyl sites for hydroxylation is 1. The van der Waals surface area contributed by atoms with E-state index in [9.17, 15) is 18.0 Å². The Bertz CT molecular complexity index is 1300. The number of halogens is 1. The second-order valence-corrected chi connectivity index (χ2v) is 10.6. The van der Waals surface area contributed by atoms with Crippen LogP contribution in [0.1, 0.15) is 24.5 Å². The SMILES string of the molecule is CC[C@@H](C(=O)NC)N(Cc1ccccc1)C(=O)CN(c1ccccc1Cl)S(=O)(=O)c1ccc(C)cc1. The molecule has 7 nitrogen and oxygen atoms in total. The first-order chi connectivity index (χ1) is 17.2. The largest absolute Gasteiger partial charge is 0.357 e. The molecule has 0 aromatic heterocycles. The lowest BCUT2D eigenvalue weighted by Gasteiger charge is -2.33. The molecule has 3 aromatic carbocycles. The van der Waals surface area contributed by atoms with Crippen molar-refractivity contribution in [2.24, 2.45) is 0 Å². The minimum Gasteiger partial charge on any atom is -0.357 e. The van der Waals surface area contributed by atoms with Gasteiger partial charge >= 0.3 is 0 Å². The molecule has 3 rings (SSSR count). The van der Waals surface area contributed by atoms with Gasteiger partial charge in [0.2, 0.25) is 11.8 Å². The molecule has 0 heterocycles. The van der Waals surface area contributed by atoms with Crippen LogP contribution in [0, 0.1) is 6.92 Å². The van der Waals surface area contributed by atoms with E-state index in [1.165, 1.54) is 24.1 Å². The fraction of sp³-hybridized carbons (Fsp3) is 0.259. The summed E-state index contributed by atoms with van der Waals surface area (Å²) in [5.74, 6) is -0.850. The van der Waals surface area contributed by atoms with E-state index in [4.69, 9.17) is 11.6 Å². The van der Waals surface area contributed by atoms with Crippen molar-refractivity contribution in [3.05, 3.63) is 95.0 Å². The number of hydrogen-bond acceptors (Lipinski definition) is 4. The maximum absolute atomic E-state index is 13.8. The zero-order chi connectivity index (χ0) is 26.3. The monoisotopic (exact) mass is 527 g/mol. The molecule has 0 bridgehead atoms. The Labute approximate surface area is 217 Å². The number of anilines is 1. The molecule has 190 valence electrons. The van der Waals surface area contributed by atoms with Gasteiger partial charge < -0.3 is 10.2 Å². The third-order valence-corrected chi connectivity index (χ3v) is 7.93. The summed E-state index contributed by atoms with van der Waals surface area (Å²) in [6.45, 7) is 3.28. The molecule has 0 saturated heterocycles. The molecule has 0 aliphatic carbocycles. The number of para-hydroxylation sites is 1. The van der Waals surface area contributed by atoms with Crippen LogP contribution in [0.3, 0.4) is 0 Å². The Hall–Kier alpha value is -3.36. The van der Waals surface area contributed by atoms with Crippen molar-refractivity contribution in [3.63, 3.8) is 0 Å². The van der Waals surface area contributed by atoms with Gasteiger partial charge in [-0.25, -0.2) is 8.42 Å². The number of nitrogens with zero attached hydrogens (tertiary/aromatic N) is 2. The highest BCUT2D eigenvalue weighted by Crippen LogP contribution is 2.31. The summed E-state index contributed by atoms with van der Waals surface area (Å²) >= 11 is 6.40. The first-order valence-electron chi connectivity index (χ1n) is 11.6. The highest BCUT2D eigenvalue weighted by Gasteiger charge is 2.34. The van der Waals surface area contributed by atoms with E-state index in [0.29, 0.717) is 6.42 Å². The molecule has 1 N–H and O–H groups in total. The van der Waals surface area contributed by atoms with Crippen LogP contribution < -0.4 is 9.62 Å². The van der Waals surface area contributed by atoms with Crippen LogP contribution in [-0.2, 0) is 26.2 Å². The van der Waals surface area contributed by atoms with Gasteiger partial charge in [0.15, 0.2) is 0 Å². The van der Waals surface area contributed by atoms with Gasteiger partial charge in [0.25, 0.3) is 10.0 Å². The Morgan fingerprint density at radius 1 is 0.944 bits per heavy atom. The average molecular weight is 528 g/mol. The zero-order valence-corrected chi connectivity index (χ0v) is 22.1.